The summed E-state index contributed by atoms with van der Waals surface area (Å²) in [6.45, 7) is 3.18. The van der Waals surface area contributed by atoms with Gasteiger partial charge in [-0.25, -0.2) is 0 Å². The number of rotatable bonds is 5. The average molecular weight is 298 g/mol. The first-order valence-electron chi connectivity index (χ1n) is 5.81. The van der Waals surface area contributed by atoms with Crippen molar-refractivity contribution in [2.45, 2.75) is 13.5 Å². The van der Waals surface area contributed by atoms with Crippen molar-refractivity contribution in [2.24, 2.45) is 0 Å². The molecule has 2 rings (SSSR count). The minimum absolute atomic E-state index is 0.146. The summed E-state index contributed by atoms with van der Waals surface area (Å²) >= 11 is 11.9. The van der Waals surface area contributed by atoms with Crippen molar-refractivity contribution < 1.29 is 0 Å². The van der Waals surface area contributed by atoms with Crippen LogP contribution in [-0.2, 0) is 6.54 Å². The van der Waals surface area contributed by atoms with E-state index in [0.717, 1.165) is 5.56 Å². The molecule has 0 saturated heterocycles. The highest BCUT2D eigenvalue weighted by Gasteiger charge is 2.05. The van der Waals surface area contributed by atoms with E-state index in [0.29, 0.717) is 30.0 Å². The Morgan fingerprint density at radius 3 is 2.37 bits per heavy atom. The lowest BCUT2D eigenvalue weighted by molar-refractivity contribution is 0.987. The molecule has 0 fully saturated rings. The van der Waals surface area contributed by atoms with Crippen LogP contribution in [0.5, 0.6) is 0 Å². The van der Waals surface area contributed by atoms with Crippen LogP contribution in [0, 0.1) is 0 Å². The molecule has 0 atom stereocenters. The molecule has 1 heterocycles. The monoisotopic (exact) mass is 297 g/mol. The van der Waals surface area contributed by atoms with Crippen LogP contribution in [0.25, 0.3) is 0 Å². The van der Waals surface area contributed by atoms with Crippen molar-refractivity contribution in [2.75, 3.05) is 17.2 Å². The van der Waals surface area contributed by atoms with Gasteiger partial charge in [0, 0.05) is 18.1 Å². The first-order chi connectivity index (χ1) is 9.19. The van der Waals surface area contributed by atoms with Crippen molar-refractivity contribution >= 4 is 35.1 Å². The van der Waals surface area contributed by atoms with Crippen molar-refractivity contribution in [3.8, 4) is 0 Å². The topological polar surface area (TPSA) is 62.7 Å². The van der Waals surface area contributed by atoms with Gasteiger partial charge in [0.15, 0.2) is 0 Å². The van der Waals surface area contributed by atoms with E-state index in [2.05, 4.69) is 25.6 Å². The van der Waals surface area contributed by atoms with Crippen molar-refractivity contribution in [1.82, 2.24) is 15.0 Å². The number of nitrogens with one attached hydrogen (secondary N) is 2. The third kappa shape index (κ3) is 3.94. The largest absolute Gasteiger partial charge is 0.354 e. The molecule has 1 aromatic carbocycles. The summed E-state index contributed by atoms with van der Waals surface area (Å²) < 4.78 is 0. The molecule has 0 saturated carbocycles. The average Bonchev–Trinajstić information content (AvgIpc) is 2.37. The Balaban J connectivity index is 2.09. The van der Waals surface area contributed by atoms with Gasteiger partial charge in [0.25, 0.3) is 0 Å². The molecule has 1 aromatic heterocycles. The Kier molecular flexibility index (Phi) is 4.76. The molecule has 7 heteroatoms. The van der Waals surface area contributed by atoms with Gasteiger partial charge < -0.3 is 10.6 Å². The van der Waals surface area contributed by atoms with E-state index >= 15 is 0 Å². The Hall–Kier alpha value is -1.59. The molecule has 0 radical (unpaired) electrons. The normalized spacial score (nSPS) is 10.3. The van der Waals surface area contributed by atoms with Gasteiger partial charge in [-0.1, -0.05) is 29.8 Å². The van der Waals surface area contributed by atoms with Crippen molar-refractivity contribution in [3.63, 3.8) is 0 Å². The molecule has 100 valence electrons. The maximum atomic E-state index is 6.07. The van der Waals surface area contributed by atoms with Crippen molar-refractivity contribution in [3.05, 3.63) is 40.1 Å². The summed E-state index contributed by atoms with van der Waals surface area (Å²) in [6, 6.07) is 7.58. The predicted molar refractivity (Wildman–Crippen MR) is 77.8 cm³/mol. The van der Waals surface area contributed by atoms with Gasteiger partial charge >= 0.3 is 0 Å². The summed E-state index contributed by atoms with van der Waals surface area (Å²) in [7, 11) is 0. The third-order valence-corrected chi connectivity index (χ3v) is 2.88. The fraction of sp³-hybridized carbons (Fsp3) is 0.250. The van der Waals surface area contributed by atoms with E-state index in [1.807, 2.05) is 31.2 Å². The fourth-order valence-electron chi connectivity index (χ4n) is 1.48. The lowest BCUT2D eigenvalue weighted by Gasteiger charge is -2.08. The van der Waals surface area contributed by atoms with Crippen LogP contribution in [0.1, 0.15) is 12.5 Å². The van der Waals surface area contributed by atoms with Crippen LogP contribution < -0.4 is 10.6 Å². The van der Waals surface area contributed by atoms with Crippen molar-refractivity contribution in [1.29, 1.82) is 0 Å². The van der Waals surface area contributed by atoms with Gasteiger partial charge in [-0.15, -0.1) is 0 Å². The molecule has 2 N–H and O–H groups in total. The first kappa shape index (κ1) is 13.8. The predicted octanol–water partition coefficient (Wildman–Crippen LogP) is 3.22. The zero-order valence-electron chi connectivity index (χ0n) is 10.3. The van der Waals surface area contributed by atoms with Gasteiger partial charge in [0.1, 0.15) is 0 Å². The van der Waals surface area contributed by atoms with Crippen LogP contribution in [0.3, 0.4) is 0 Å². The van der Waals surface area contributed by atoms with Gasteiger partial charge in [-0.2, -0.15) is 15.0 Å². The first-order valence-corrected chi connectivity index (χ1v) is 6.57. The minimum Gasteiger partial charge on any atom is -0.354 e. The van der Waals surface area contributed by atoms with E-state index in [1.165, 1.54) is 0 Å². The Labute approximate surface area is 121 Å². The second kappa shape index (κ2) is 6.54. The zero-order chi connectivity index (χ0) is 13.7. The van der Waals surface area contributed by atoms with E-state index in [4.69, 9.17) is 23.2 Å². The van der Waals surface area contributed by atoms with Crippen LogP contribution in [-0.4, -0.2) is 21.5 Å². The Bertz CT molecular complexity index is 562. The van der Waals surface area contributed by atoms with Gasteiger partial charge in [0.2, 0.25) is 17.2 Å². The van der Waals surface area contributed by atoms with Crippen LogP contribution >= 0.6 is 23.2 Å². The molecule has 0 unspecified atom stereocenters. The summed E-state index contributed by atoms with van der Waals surface area (Å²) in [5, 5.41) is 6.90. The molecular weight excluding hydrogens is 285 g/mol. The molecule has 5 nitrogen and oxygen atoms in total. The Morgan fingerprint density at radius 2 is 1.68 bits per heavy atom. The fourth-order valence-corrected chi connectivity index (χ4v) is 1.85. The smallest absolute Gasteiger partial charge is 0.229 e. The molecule has 0 spiro atoms. The molecule has 0 amide bonds. The molecule has 0 aliphatic carbocycles. The summed E-state index contributed by atoms with van der Waals surface area (Å²) in [5.74, 6) is 0.861. The number of aromatic nitrogens is 3. The lowest BCUT2D eigenvalue weighted by Crippen LogP contribution is -2.09. The molecule has 2 aromatic rings. The van der Waals surface area contributed by atoms with E-state index < -0.39 is 0 Å². The number of nitrogens with zero attached hydrogens (tertiary/aromatic N) is 3. The number of halogens is 2. The maximum Gasteiger partial charge on any atom is 0.229 e. The minimum atomic E-state index is 0.146. The maximum absolute atomic E-state index is 6.07. The quantitative estimate of drug-likeness (QED) is 0.887. The molecule has 0 bridgehead atoms. The van der Waals surface area contributed by atoms with Gasteiger partial charge in [0.05, 0.1) is 0 Å². The van der Waals surface area contributed by atoms with E-state index in [1.54, 1.807) is 0 Å². The van der Waals surface area contributed by atoms with Crippen LogP contribution in [0.2, 0.25) is 10.3 Å². The summed E-state index contributed by atoms with van der Waals surface area (Å²) in [6.07, 6.45) is 0. The van der Waals surface area contributed by atoms with Crippen LogP contribution in [0.4, 0.5) is 11.9 Å². The van der Waals surface area contributed by atoms with Crippen LogP contribution in [0.15, 0.2) is 24.3 Å². The highest BCUT2D eigenvalue weighted by Crippen LogP contribution is 2.16. The van der Waals surface area contributed by atoms with Gasteiger partial charge in [-0.05, 0) is 30.2 Å². The molecule has 19 heavy (non-hydrogen) atoms. The number of hydrogen-bond donors (Lipinski definition) is 2. The summed E-state index contributed by atoms with van der Waals surface area (Å²) in [5.41, 5.74) is 0.964. The highest BCUT2D eigenvalue weighted by atomic mass is 35.5. The zero-order valence-corrected chi connectivity index (χ0v) is 11.8. The molecule has 0 aliphatic rings. The number of anilines is 2. The second-order valence-corrected chi connectivity index (χ2v) is 4.47. The van der Waals surface area contributed by atoms with E-state index in [-0.39, 0.29) is 5.28 Å². The Morgan fingerprint density at radius 1 is 1.00 bits per heavy atom. The SMILES string of the molecule is CCNc1nc(Cl)nc(NCc2ccccc2Cl)n1. The second-order valence-electron chi connectivity index (χ2n) is 3.73. The number of hydrogen-bond acceptors (Lipinski definition) is 5. The lowest BCUT2D eigenvalue weighted by atomic mass is 10.2. The van der Waals surface area contributed by atoms with E-state index in [9.17, 15) is 0 Å². The summed E-state index contributed by atoms with van der Waals surface area (Å²) in [4.78, 5) is 12.2. The van der Waals surface area contributed by atoms with Gasteiger partial charge in [-0.3, -0.25) is 0 Å². The highest BCUT2D eigenvalue weighted by molar-refractivity contribution is 6.31. The molecular formula is C12H13Cl2N5. The standard InChI is InChI=1S/C12H13Cl2N5/c1-2-15-11-17-10(14)18-12(19-11)16-7-8-5-3-4-6-9(8)13/h3-6H,2,7H2,1H3,(H2,15,16,17,18,19). The number of benzene rings is 1. The molecule has 0 aliphatic heterocycles. The third-order valence-electron chi connectivity index (χ3n) is 2.34.